The van der Waals surface area contributed by atoms with Gasteiger partial charge in [0, 0.05) is 30.6 Å². The molecule has 3 rings (SSSR count). The lowest BCUT2D eigenvalue weighted by molar-refractivity contribution is -0.154. The minimum Gasteiger partial charge on any atom is -0.428 e. The Bertz CT molecular complexity index is 682. The fraction of sp³-hybridized carbons (Fsp3) is 0.619. The van der Waals surface area contributed by atoms with Gasteiger partial charge in [-0.05, 0) is 36.7 Å². The van der Waals surface area contributed by atoms with Crippen LogP contribution in [0.15, 0.2) is 35.5 Å². The van der Waals surface area contributed by atoms with Gasteiger partial charge in [-0.3, -0.25) is 4.79 Å². The highest BCUT2D eigenvalue weighted by Gasteiger charge is 2.54. The fourth-order valence-corrected chi connectivity index (χ4v) is 5.37. The van der Waals surface area contributed by atoms with Crippen LogP contribution in [0.4, 0.5) is 0 Å². The summed E-state index contributed by atoms with van der Waals surface area (Å²) in [6.45, 7) is 8.72. The summed E-state index contributed by atoms with van der Waals surface area (Å²) in [6.07, 6.45) is 9.99. The van der Waals surface area contributed by atoms with Gasteiger partial charge in [0.25, 0.3) is 0 Å². The van der Waals surface area contributed by atoms with E-state index in [4.69, 9.17) is 9.47 Å². The van der Waals surface area contributed by atoms with Gasteiger partial charge in [0.2, 0.25) is 6.29 Å². The maximum Gasteiger partial charge on any atom is 0.333 e. The zero-order chi connectivity index (χ0) is 18.4. The number of carbonyl (C=O) groups is 2. The number of carbonyl (C=O) groups excluding carboxylic acids is 2. The zero-order valence-corrected chi connectivity index (χ0v) is 15.8. The molecule has 0 aromatic rings. The fourth-order valence-electron chi connectivity index (χ4n) is 5.37. The van der Waals surface area contributed by atoms with Crippen LogP contribution in [0.3, 0.4) is 0 Å². The van der Waals surface area contributed by atoms with Crippen molar-refractivity contribution < 1.29 is 19.1 Å². The van der Waals surface area contributed by atoms with E-state index in [1.165, 1.54) is 13.2 Å². The van der Waals surface area contributed by atoms with Gasteiger partial charge in [-0.15, -0.1) is 0 Å². The molecule has 2 aliphatic carbocycles. The summed E-state index contributed by atoms with van der Waals surface area (Å²) in [5, 5.41) is 0. The molecule has 0 radical (unpaired) electrons. The highest BCUT2D eigenvalue weighted by molar-refractivity contribution is 5.95. The molecular formula is C21H28O4. The first kappa shape index (κ1) is 18.1. The van der Waals surface area contributed by atoms with Gasteiger partial charge in [0.15, 0.2) is 5.78 Å². The molecular weight excluding hydrogens is 316 g/mol. The molecule has 0 spiro atoms. The molecule has 25 heavy (non-hydrogen) atoms. The van der Waals surface area contributed by atoms with Crippen molar-refractivity contribution in [2.75, 3.05) is 7.11 Å². The van der Waals surface area contributed by atoms with E-state index in [-0.39, 0.29) is 34.4 Å². The molecule has 0 N–H and O–H groups in total. The van der Waals surface area contributed by atoms with Crippen LogP contribution in [-0.4, -0.2) is 25.2 Å². The molecule has 3 aliphatic rings. The SMILES string of the molecule is CO[C@@H]1OC(=O)C=C1/C=C/[C@H]1C(C)=CC(=O)[C@H]2C(C)(C)CCC[C@]12C. The largest absolute Gasteiger partial charge is 0.428 e. The number of methoxy groups -OCH3 is 1. The van der Waals surface area contributed by atoms with E-state index < -0.39 is 6.29 Å². The number of fused-ring (bicyclic) bond motifs is 1. The van der Waals surface area contributed by atoms with Gasteiger partial charge in [0.05, 0.1) is 0 Å². The first-order chi connectivity index (χ1) is 11.7. The first-order valence-corrected chi connectivity index (χ1v) is 9.04. The number of hydrogen-bond donors (Lipinski definition) is 0. The second kappa shape index (κ2) is 6.24. The summed E-state index contributed by atoms with van der Waals surface area (Å²) < 4.78 is 10.3. The van der Waals surface area contributed by atoms with Crippen molar-refractivity contribution in [1.29, 1.82) is 0 Å². The molecule has 0 bridgehead atoms. The van der Waals surface area contributed by atoms with Crippen LogP contribution in [0.5, 0.6) is 0 Å². The Balaban J connectivity index is 1.96. The van der Waals surface area contributed by atoms with E-state index in [2.05, 4.69) is 26.8 Å². The van der Waals surface area contributed by atoms with Crippen LogP contribution in [0.2, 0.25) is 0 Å². The number of rotatable bonds is 3. The van der Waals surface area contributed by atoms with Crippen LogP contribution in [0.1, 0.15) is 47.0 Å². The smallest absolute Gasteiger partial charge is 0.333 e. The minimum atomic E-state index is -0.635. The Labute approximate surface area is 150 Å². The van der Waals surface area contributed by atoms with Crippen molar-refractivity contribution in [3.8, 4) is 0 Å². The highest BCUT2D eigenvalue weighted by atomic mass is 16.7. The van der Waals surface area contributed by atoms with E-state index >= 15 is 0 Å². The molecule has 4 nitrogen and oxygen atoms in total. The lowest BCUT2D eigenvalue weighted by Gasteiger charge is -2.55. The number of ether oxygens (including phenoxy) is 2. The van der Waals surface area contributed by atoms with E-state index in [0.29, 0.717) is 0 Å². The molecule has 4 atom stereocenters. The molecule has 1 heterocycles. The van der Waals surface area contributed by atoms with Crippen LogP contribution < -0.4 is 0 Å². The third-order valence-electron chi connectivity index (χ3n) is 6.31. The lowest BCUT2D eigenvalue weighted by Crippen LogP contribution is -2.52. The molecule has 136 valence electrons. The average Bonchev–Trinajstić information content (AvgIpc) is 2.85. The third-order valence-corrected chi connectivity index (χ3v) is 6.31. The normalized spacial score (nSPS) is 37.6. The molecule has 0 amide bonds. The van der Waals surface area contributed by atoms with E-state index in [0.717, 1.165) is 30.4 Å². The van der Waals surface area contributed by atoms with Gasteiger partial charge in [-0.25, -0.2) is 4.79 Å². The summed E-state index contributed by atoms with van der Waals surface area (Å²) in [5.41, 5.74) is 1.74. The van der Waals surface area contributed by atoms with Crippen molar-refractivity contribution in [1.82, 2.24) is 0 Å². The molecule has 1 fully saturated rings. The van der Waals surface area contributed by atoms with Crippen LogP contribution in [0, 0.1) is 22.7 Å². The van der Waals surface area contributed by atoms with Gasteiger partial charge in [-0.1, -0.05) is 44.9 Å². The Morgan fingerprint density at radius 1 is 1.20 bits per heavy atom. The summed E-state index contributed by atoms with van der Waals surface area (Å²) in [6, 6.07) is 0. The summed E-state index contributed by atoms with van der Waals surface area (Å²) >= 11 is 0. The van der Waals surface area contributed by atoms with Crippen molar-refractivity contribution in [2.45, 2.75) is 53.2 Å². The molecule has 1 aliphatic heterocycles. The number of esters is 1. The number of hydrogen-bond acceptors (Lipinski definition) is 4. The van der Waals surface area contributed by atoms with Crippen LogP contribution in [0.25, 0.3) is 0 Å². The molecule has 1 saturated carbocycles. The maximum atomic E-state index is 12.8. The molecule has 4 heteroatoms. The molecule has 0 aromatic heterocycles. The maximum absolute atomic E-state index is 12.8. The first-order valence-electron chi connectivity index (χ1n) is 9.04. The van der Waals surface area contributed by atoms with E-state index in [9.17, 15) is 9.59 Å². The quantitative estimate of drug-likeness (QED) is 0.727. The summed E-state index contributed by atoms with van der Waals surface area (Å²) in [5.74, 6) is 0.0906. The third kappa shape index (κ3) is 3.01. The van der Waals surface area contributed by atoms with Crippen LogP contribution >= 0.6 is 0 Å². The Kier molecular flexibility index (Phi) is 4.52. The second-order valence-corrected chi connectivity index (χ2v) is 8.56. The Morgan fingerprint density at radius 3 is 2.60 bits per heavy atom. The van der Waals surface area contributed by atoms with Crippen molar-refractivity contribution in [3.05, 3.63) is 35.5 Å². The van der Waals surface area contributed by atoms with Crippen molar-refractivity contribution in [3.63, 3.8) is 0 Å². The van der Waals surface area contributed by atoms with Gasteiger partial charge < -0.3 is 9.47 Å². The standard InChI is InChI=1S/C21H28O4/c1-13-11-16(22)18-20(2,3)9-6-10-21(18,4)15(13)8-7-14-12-17(23)25-19(14)24-5/h7-8,11-12,15,18-19H,6,9-10H2,1-5H3/b8-7+/t15-,18-,19+,21+/m0/s1. The van der Waals surface area contributed by atoms with E-state index in [1.807, 2.05) is 19.1 Å². The monoisotopic (exact) mass is 344 g/mol. The average molecular weight is 344 g/mol. The number of ketones is 1. The summed E-state index contributed by atoms with van der Waals surface area (Å²) in [4.78, 5) is 24.3. The molecule has 0 saturated heterocycles. The Morgan fingerprint density at radius 2 is 1.92 bits per heavy atom. The van der Waals surface area contributed by atoms with E-state index in [1.54, 1.807) is 0 Å². The lowest BCUT2D eigenvalue weighted by atomic mass is 9.48. The zero-order valence-electron chi connectivity index (χ0n) is 15.8. The van der Waals surface area contributed by atoms with Crippen LogP contribution in [-0.2, 0) is 19.1 Å². The number of cyclic esters (lactones) is 1. The second-order valence-electron chi connectivity index (χ2n) is 8.56. The minimum absolute atomic E-state index is 0.00808. The van der Waals surface area contributed by atoms with Crippen molar-refractivity contribution in [2.24, 2.45) is 22.7 Å². The molecule has 0 aromatic carbocycles. The number of allylic oxidation sites excluding steroid dienone is 3. The topological polar surface area (TPSA) is 52.6 Å². The molecule has 0 unspecified atom stereocenters. The predicted octanol–water partition coefficient (Wildman–Crippen LogP) is 3.98. The predicted molar refractivity (Wildman–Crippen MR) is 95.6 cm³/mol. The van der Waals surface area contributed by atoms with Crippen molar-refractivity contribution >= 4 is 11.8 Å². The van der Waals surface area contributed by atoms with Gasteiger partial charge in [0.1, 0.15) is 0 Å². The highest BCUT2D eigenvalue weighted by Crippen LogP contribution is 2.58. The van der Waals surface area contributed by atoms with Gasteiger partial charge >= 0.3 is 5.97 Å². The van der Waals surface area contributed by atoms with Gasteiger partial charge in [-0.2, -0.15) is 0 Å². The summed E-state index contributed by atoms with van der Waals surface area (Å²) in [7, 11) is 1.52. The Hall–Kier alpha value is -1.68.